The first-order valence-corrected chi connectivity index (χ1v) is 10.9. The van der Waals surface area contributed by atoms with Crippen molar-refractivity contribution >= 4 is 21.4 Å². The molecule has 3 aliphatic carbocycles. The summed E-state index contributed by atoms with van der Waals surface area (Å²) in [6.45, 7) is 5.64. The van der Waals surface area contributed by atoms with E-state index < -0.39 is 20.5 Å². The molecule has 5 atom stereocenters. The van der Waals surface area contributed by atoms with Gasteiger partial charge in [-0.05, 0) is 55.9 Å². The Morgan fingerprint density at radius 1 is 1.16 bits per heavy atom. The molecule has 0 aromatic heterocycles. The minimum atomic E-state index is -3.42. The van der Waals surface area contributed by atoms with Gasteiger partial charge in [-0.3, -0.25) is 9.59 Å². The number of Topliss-reactive ketones (excluding diaryl/α,β-unsaturated/α-hetero) is 1. The highest BCUT2D eigenvalue weighted by atomic mass is 32.2. The molecule has 0 spiro atoms. The van der Waals surface area contributed by atoms with Gasteiger partial charge >= 0.3 is 0 Å². The maximum Gasteiger partial charge on any atom is 0.178 e. The van der Waals surface area contributed by atoms with Crippen LogP contribution < -0.4 is 0 Å². The number of allylic oxidation sites excluding steroid dienone is 4. The van der Waals surface area contributed by atoms with Gasteiger partial charge in [0.15, 0.2) is 15.6 Å². The number of carbonyl (C=O) groups is 2. The van der Waals surface area contributed by atoms with Crippen molar-refractivity contribution in [1.82, 2.24) is 0 Å². The molecule has 1 aliphatic heterocycles. The third kappa shape index (κ3) is 2.08. The zero-order valence-electron chi connectivity index (χ0n) is 15.2. The summed E-state index contributed by atoms with van der Waals surface area (Å²) in [5.41, 5.74) is 0.328. The van der Waals surface area contributed by atoms with E-state index in [4.69, 9.17) is 0 Å². The summed E-state index contributed by atoms with van der Waals surface area (Å²) in [4.78, 5) is 25.1. The Morgan fingerprint density at radius 2 is 1.88 bits per heavy atom. The molecule has 136 valence electrons. The second kappa shape index (κ2) is 5.15. The summed E-state index contributed by atoms with van der Waals surface area (Å²) in [5, 5.41) is -0.642. The van der Waals surface area contributed by atoms with Gasteiger partial charge < -0.3 is 0 Å². The van der Waals surface area contributed by atoms with E-state index in [0.29, 0.717) is 31.0 Å². The molecule has 4 aliphatic rings. The Morgan fingerprint density at radius 3 is 2.60 bits per heavy atom. The van der Waals surface area contributed by atoms with E-state index in [0.717, 1.165) is 19.3 Å². The molecule has 0 amide bonds. The van der Waals surface area contributed by atoms with Gasteiger partial charge in [0.1, 0.15) is 5.78 Å². The molecule has 1 heterocycles. The molecule has 5 heteroatoms. The van der Waals surface area contributed by atoms with E-state index in [2.05, 4.69) is 13.0 Å². The number of rotatable bonds is 0. The van der Waals surface area contributed by atoms with Gasteiger partial charge in [0.05, 0.1) is 10.7 Å². The van der Waals surface area contributed by atoms with Crippen molar-refractivity contribution in [2.45, 2.75) is 64.5 Å². The predicted molar refractivity (Wildman–Crippen MR) is 95.5 cm³/mol. The van der Waals surface area contributed by atoms with E-state index in [-0.39, 0.29) is 22.0 Å². The Kier molecular flexibility index (Phi) is 3.54. The fourth-order valence-corrected chi connectivity index (χ4v) is 8.05. The number of fused-ring (bicyclic) bond motifs is 5. The molecule has 25 heavy (non-hydrogen) atoms. The Hall–Kier alpha value is -1.23. The number of sulfone groups is 1. The van der Waals surface area contributed by atoms with Gasteiger partial charge in [0.25, 0.3) is 0 Å². The second-order valence-corrected chi connectivity index (χ2v) is 11.1. The van der Waals surface area contributed by atoms with Crippen molar-refractivity contribution in [2.75, 3.05) is 0 Å². The van der Waals surface area contributed by atoms with Crippen molar-refractivity contribution in [3.05, 3.63) is 22.6 Å². The normalized spacial score (nSPS) is 45.6. The Bertz CT molecular complexity index is 834. The molecule has 0 aromatic rings. The summed E-state index contributed by atoms with van der Waals surface area (Å²) < 4.78 is 25.8. The van der Waals surface area contributed by atoms with Crippen LogP contribution in [-0.2, 0) is 19.4 Å². The number of hydrogen-bond donors (Lipinski definition) is 0. The summed E-state index contributed by atoms with van der Waals surface area (Å²) in [7, 11) is -3.42. The highest BCUT2D eigenvalue weighted by Gasteiger charge is 2.61. The Labute approximate surface area is 149 Å². The highest BCUT2D eigenvalue weighted by molar-refractivity contribution is 7.96. The fraction of sp³-hybridized carbons (Fsp3) is 0.700. The van der Waals surface area contributed by atoms with Crippen molar-refractivity contribution in [2.24, 2.45) is 22.7 Å². The van der Waals surface area contributed by atoms with Crippen molar-refractivity contribution < 1.29 is 18.0 Å². The van der Waals surface area contributed by atoms with Gasteiger partial charge in [0, 0.05) is 17.7 Å². The zero-order chi connectivity index (χ0) is 18.2. The van der Waals surface area contributed by atoms with Crippen LogP contribution in [-0.4, -0.2) is 25.2 Å². The number of carbonyl (C=O) groups excluding carboxylic acids is 2. The molecule has 0 bridgehead atoms. The quantitative estimate of drug-likeness (QED) is 0.620. The van der Waals surface area contributed by atoms with Gasteiger partial charge in [-0.15, -0.1) is 0 Å². The van der Waals surface area contributed by atoms with Gasteiger partial charge in [0.2, 0.25) is 0 Å². The van der Waals surface area contributed by atoms with Gasteiger partial charge in [-0.2, -0.15) is 0 Å². The Balaban J connectivity index is 1.83. The van der Waals surface area contributed by atoms with Crippen LogP contribution in [0.1, 0.15) is 59.3 Å². The fourth-order valence-electron chi connectivity index (χ4n) is 6.05. The maximum absolute atomic E-state index is 13.0. The van der Waals surface area contributed by atoms with E-state index >= 15 is 0 Å². The smallest absolute Gasteiger partial charge is 0.178 e. The third-order valence-corrected chi connectivity index (χ3v) is 10.2. The summed E-state index contributed by atoms with van der Waals surface area (Å²) in [5.74, 6) is 0.627. The van der Waals surface area contributed by atoms with Crippen LogP contribution in [0.5, 0.6) is 0 Å². The molecular formula is C20H26O4S. The first-order chi connectivity index (χ1) is 11.6. The van der Waals surface area contributed by atoms with Crippen molar-refractivity contribution in [3.63, 3.8) is 0 Å². The first-order valence-electron chi connectivity index (χ1n) is 9.30. The maximum atomic E-state index is 13.0. The van der Waals surface area contributed by atoms with Crippen molar-refractivity contribution in [3.8, 4) is 0 Å². The predicted octanol–water partition coefficient (Wildman–Crippen LogP) is 3.38. The van der Waals surface area contributed by atoms with E-state index in [1.807, 2.05) is 6.92 Å². The van der Waals surface area contributed by atoms with Crippen LogP contribution >= 0.6 is 0 Å². The lowest BCUT2D eigenvalue weighted by atomic mass is 9.48. The lowest BCUT2D eigenvalue weighted by Crippen LogP contribution is -2.57. The molecule has 0 saturated heterocycles. The average Bonchev–Trinajstić information content (AvgIpc) is 2.54. The topological polar surface area (TPSA) is 68.3 Å². The molecular weight excluding hydrogens is 336 g/mol. The molecule has 0 radical (unpaired) electrons. The van der Waals surface area contributed by atoms with Crippen LogP contribution in [0.4, 0.5) is 0 Å². The second-order valence-electron chi connectivity index (χ2n) is 8.82. The summed E-state index contributed by atoms with van der Waals surface area (Å²) in [6.07, 6.45) is 7.65. The van der Waals surface area contributed by atoms with Crippen LogP contribution in [0, 0.1) is 22.7 Å². The average molecular weight is 362 g/mol. The van der Waals surface area contributed by atoms with Crippen LogP contribution in [0.2, 0.25) is 0 Å². The van der Waals surface area contributed by atoms with E-state index in [1.165, 1.54) is 18.6 Å². The standard InChI is InChI=1S/C20H26O4S/c1-12-10-17(22)20(3)16-5-4-13-11-14(21)8-9-19(13,2)15(16)6-7-18(20)25(12,23)24/h6,10,13,16,18H,4-5,7-9,11H2,1-3H3/t13-,16-,18-,19+,20+/m1/s1. The SMILES string of the molecule is CC1=CC(=O)[C@]2(C)[C@@H]3CC[C@@H]4CC(=O)CC[C@]4(C)C3=CC[C@H]2S1(=O)=O. The van der Waals surface area contributed by atoms with E-state index in [1.54, 1.807) is 0 Å². The monoisotopic (exact) mass is 362 g/mol. The minimum Gasteiger partial charge on any atom is -0.300 e. The largest absolute Gasteiger partial charge is 0.300 e. The molecule has 0 unspecified atom stereocenters. The first kappa shape index (κ1) is 17.2. The molecule has 4 nitrogen and oxygen atoms in total. The van der Waals surface area contributed by atoms with Crippen molar-refractivity contribution in [1.29, 1.82) is 0 Å². The minimum absolute atomic E-state index is 0.0210. The van der Waals surface area contributed by atoms with Crippen LogP contribution in [0.25, 0.3) is 0 Å². The highest BCUT2D eigenvalue weighted by Crippen LogP contribution is 2.62. The van der Waals surface area contributed by atoms with Gasteiger partial charge in [-0.1, -0.05) is 25.5 Å². The molecule has 0 N–H and O–H groups in total. The van der Waals surface area contributed by atoms with Crippen LogP contribution in [0.3, 0.4) is 0 Å². The molecule has 2 saturated carbocycles. The third-order valence-electron chi connectivity index (χ3n) is 7.77. The summed E-state index contributed by atoms with van der Waals surface area (Å²) >= 11 is 0. The number of ketones is 2. The summed E-state index contributed by atoms with van der Waals surface area (Å²) in [6, 6.07) is 0. The zero-order valence-corrected chi connectivity index (χ0v) is 16.0. The lowest BCUT2D eigenvalue weighted by molar-refractivity contribution is -0.130. The van der Waals surface area contributed by atoms with Gasteiger partial charge in [-0.25, -0.2) is 8.42 Å². The molecule has 2 fully saturated rings. The molecule has 4 rings (SSSR count). The molecule has 0 aromatic carbocycles. The van der Waals surface area contributed by atoms with Crippen LogP contribution in [0.15, 0.2) is 22.6 Å². The lowest BCUT2D eigenvalue weighted by Gasteiger charge is -2.57. The van der Waals surface area contributed by atoms with E-state index in [9.17, 15) is 18.0 Å². The number of hydrogen-bond acceptors (Lipinski definition) is 4.